The summed E-state index contributed by atoms with van der Waals surface area (Å²) in [4.78, 5) is 17.0. The lowest BCUT2D eigenvalue weighted by Gasteiger charge is -2.19. The Hall–Kier alpha value is -2.97. The zero-order chi connectivity index (χ0) is 22.4. The molecule has 0 radical (unpaired) electrons. The molecule has 2 aromatic carbocycles. The zero-order valence-corrected chi connectivity index (χ0v) is 18.6. The summed E-state index contributed by atoms with van der Waals surface area (Å²) in [5.74, 6) is 1.17. The number of aliphatic hydroxyl groups is 1. The SMILES string of the molecule is COc1cc(-n2ccnc(S(=O)CCc3ccccc3)c2=O)ccc1OCC(C)(C)O. The van der Waals surface area contributed by atoms with E-state index in [9.17, 15) is 14.1 Å². The second kappa shape index (κ2) is 9.89. The molecule has 8 heteroatoms. The molecule has 0 saturated heterocycles. The monoisotopic (exact) mass is 442 g/mol. The maximum Gasteiger partial charge on any atom is 0.290 e. The summed E-state index contributed by atoms with van der Waals surface area (Å²) in [7, 11) is -0.0368. The average Bonchev–Trinajstić information content (AvgIpc) is 2.76. The van der Waals surface area contributed by atoms with Crippen molar-refractivity contribution in [2.45, 2.75) is 30.9 Å². The molecule has 1 N–H and O–H groups in total. The summed E-state index contributed by atoms with van der Waals surface area (Å²) < 4.78 is 25.1. The van der Waals surface area contributed by atoms with Crippen LogP contribution in [0.4, 0.5) is 0 Å². The topological polar surface area (TPSA) is 90.7 Å². The molecule has 1 unspecified atom stereocenters. The van der Waals surface area contributed by atoms with Crippen molar-refractivity contribution in [2.75, 3.05) is 19.5 Å². The van der Waals surface area contributed by atoms with Crippen molar-refractivity contribution < 1.29 is 18.8 Å². The van der Waals surface area contributed by atoms with Gasteiger partial charge in [-0.3, -0.25) is 13.6 Å². The molecule has 0 spiro atoms. The van der Waals surface area contributed by atoms with Crippen LogP contribution in [0.15, 0.2) is 70.7 Å². The van der Waals surface area contributed by atoms with Gasteiger partial charge in [0.2, 0.25) is 0 Å². The highest BCUT2D eigenvalue weighted by Gasteiger charge is 2.17. The third kappa shape index (κ3) is 6.02. The first kappa shape index (κ1) is 22.7. The van der Waals surface area contributed by atoms with Crippen LogP contribution in [0, 0.1) is 0 Å². The van der Waals surface area contributed by atoms with Gasteiger partial charge < -0.3 is 14.6 Å². The largest absolute Gasteiger partial charge is 0.493 e. The molecule has 0 aliphatic rings. The van der Waals surface area contributed by atoms with Crippen LogP contribution >= 0.6 is 0 Å². The molecule has 1 aromatic heterocycles. The fourth-order valence-electron chi connectivity index (χ4n) is 2.88. The molecule has 164 valence electrons. The van der Waals surface area contributed by atoms with Crippen LogP contribution in [0.3, 0.4) is 0 Å². The van der Waals surface area contributed by atoms with Gasteiger partial charge in [0.05, 0.1) is 29.2 Å². The van der Waals surface area contributed by atoms with Crippen molar-refractivity contribution in [1.29, 1.82) is 0 Å². The standard InChI is InChI=1S/C23H26N2O5S/c1-23(2,27)16-30-19-10-9-18(15-20(19)29-3)25-13-12-24-21(22(25)26)31(28)14-11-17-7-5-4-6-8-17/h4-10,12-13,15,27H,11,14,16H2,1-3H3. The second-order valence-electron chi connectivity index (χ2n) is 7.63. The van der Waals surface area contributed by atoms with Gasteiger partial charge in [-0.25, -0.2) is 4.98 Å². The summed E-state index contributed by atoms with van der Waals surface area (Å²) in [6, 6.07) is 14.7. The van der Waals surface area contributed by atoms with Gasteiger partial charge in [0.25, 0.3) is 5.56 Å². The Balaban J connectivity index is 1.83. The molecular formula is C23H26N2O5S. The van der Waals surface area contributed by atoms with E-state index >= 15 is 0 Å². The van der Waals surface area contributed by atoms with Crippen molar-refractivity contribution in [3.63, 3.8) is 0 Å². The number of benzene rings is 2. The molecule has 0 fully saturated rings. The van der Waals surface area contributed by atoms with Crippen molar-refractivity contribution in [2.24, 2.45) is 0 Å². The summed E-state index contributed by atoms with van der Waals surface area (Å²) in [6.07, 6.45) is 3.57. The maximum absolute atomic E-state index is 13.0. The molecule has 1 atom stereocenters. The van der Waals surface area contributed by atoms with E-state index in [4.69, 9.17) is 9.47 Å². The Morgan fingerprint density at radius 3 is 2.55 bits per heavy atom. The molecule has 1 heterocycles. The number of hydrogen-bond acceptors (Lipinski definition) is 6. The third-order valence-corrected chi connectivity index (χ3v) is 5.74. The van der Waals surface area contributed by atoms with Crippen LogP contribution < -0.4 is 15.0 Å². The van der Waals surface area contributed by atoms with Gasteiger partial charge in [0, 0.05) is 24.2 Å². The molecule has 0 aliphatic carbocycles. The van der Waals surface area contributed by atoms with Crippen molar-refractivity contribution in [3.05, 3.63) is 76.8 Å². The highest BCUT2D eigenvalue weighted by atomic mass is 32.2. The lowest BCUT2D eigenvalue weighted by molar-refractivity contribution is 0.0276. The van der Waals surface area contributed by atoms with Crippen LogP contribution in [0.1, 0.15) is 19.4 Å². The first-order valence-corrected chi connectivity index (χ1v) is 11.1. The average molecular weight is 443 g/mol. The van der Waals surface area contributed by atoms with E-state index in [1.807, 2.05) is 30.3 Å². The molecule has 0 saturated carbocycles. The highest BCUT2D eigenvalue weighted by Crippen LogP contribution is 2.29. The summed E-state index contributed by atoms with van der Waals surface area (Å²) >= 11 is 0. The minimum Gasteiger partial charge on any atom is -0.493 e. The lowest BCUT2D eigenvalue weighted by atomic mass is 10.2. The van der Waals surface area contributed by atoms with E-state index in [2.05, 4.69) is 4.98 Å². The van der Waals surface area contributed by atoms with Gasteiger partial charge in [-0.05, 0) is 38.0 Å². The Labute approximate surface area is 183 Å². The zero-order valence-electron chi connectivity index (χ0n) is 17.8. The van der Waals surface area contributed by atoms with Crippen LogP contribution in [-0.2, 0) is 17.2 Å². The highest BCUT2D eigenvalue weighted by molar-refractivity contribution is 7.84. The van der Waals surface area contributed by atoms with Crippen molar-refractivity contribution in [3.8, 4) is 17.2 Å². The summed E-state index contributed by atoms with van der Waals surface area (Å²) in [5.41, 5.74) is 0.144. The quantitative estimate of drug-likeness (QED) is 0.548. The van der Waals surface area contributed by atoms with Crippen LogP contribution in [-0.4, -0.2) is 43.9 Å². The minimum atomic E-state index is -1.53. The Bertz CT molecular complexity index is 1110. The van der Waals surface area contributed by atoms with E-state index in [1.165, 1.54) is 24.1 Å². The van der Waals surface area contributed by atoms with Gasteiger partial charge >= 0.3 is 0 Å². The molecule has 7 nitrogen and oxygen atoms in total. The number of methoxy groups -OCH3 is 1. The number of rotatable bonds is 9. The normalized spacial score (nSPS) is 12.4. The van der Waals surface area contributed by atoms with Gasteiger partial charge in [-0.2, -0.15) is 0 Å². The predicted molar refractivity (Wildman–Crippen MR) is 120 cm³/mol. The fourth-order valence-corrected chi connectivity index (χ4v) is 3.97. The van der Waals surface area contributed by atoms with Gasteiger partial charge in [0.1, 0.15) is 6.61 Å². The van der Waals surface area contributed by atoms with Crippen molar-refractivity contribution in [1.82, 2.24) is 9.55 Å². The van der Waals surface area contributed by atoms with Crippen LogP contribution in [0.5, 0.6) is 11.5 Å². The maximum atomic E-state index is 13.0. The van der Waals surface area contributed by atoms with Crippen molar-refractivity contribution >= 4 is 10.8 Å². The number of hydrogen-bond donors (Lipinski definition) is 1. The Morgan fingerprint density at radius 1 is 1.13 bits per heavy atom. The molecule has 31 heavy (non-hydrogen) atoms. The number of aryl methyl sites for hydroxylation is 1. The first-order chi connectivity index (χ1) is 14.8. The first-order valence-electron chi connectivity index (χ1n) is 9.82. The number of nitrogens with zero attached hydrogens (tertiary/aromatic N) is 2. The van der Waals surface area contributed by atoms with E-state index in [0.717, 1.165) is 5.56 Å². The lowest BCUT2D eigenvalue weighted by Crippen LogP contribution is -2.28. The third-order valence-electron chi connectivity index (χ3n) is 4.45. The summed E-state index contributed by atoms with van der Waals surface area (Å²) in [5, 5.41) is 9.88. The molecule has 0 amide bonds. The Kier molecular flexibility index (Phi) is 7.25. The molecule has 3 aromatic rings. The second-order valence-corrected chi connectivity index (χ2v) is 9.12. The van der Waals surface area contributed by atoms with E-state index in [0.29, 0.717) is 29.4 Å². The Morgan fingerprint density at radius 2 is 1.87 bits per heavy atom. The van der Waals surface area contributed by atoms with E-state index in [-0.39, 0.29) is 11.6 Å². The predicted octanol–water partition coefficient (Wildman–Crippen LogP) is 2.74. The number of ether oxygens (including phenoxy) is 2. The molecular weight excluding hydrogens is 416 g/mol. The van der Waals surface area contributed by atoms with Gasteiger partial charge in [-0.15, -0.1) is 0 Å². The smallest absolute Gasteiger partial charge is 0.290 e. The molecule has 0 aliphatic heterocycles. The van der Waals surface area contributed by atoms with E-state index in [1.54, 1.807) is 32.0 Å². The summed E-state index contributed by atoms with van der Waals surface area (Å²) in [6.45, 7) is 3.37. The van der Waals surface area contributed by atoms with Crippen LogP contribution in [0.25, 0.3) is 5.69 Å². The number of aromatic nitrogens is 2. The fraction of sp³-hybridized carbons (Fsp3) is 0.304. The minimum absolute atomic E-state index is 0.0137. The van der Waals surface area contributed by atoms with E-state index < -0.39 is 22.0 Å². The molecule has 3 rings (SSSR count). The van der Waals surface area contributed by atoms with Crippen LogP contribution in [0.2, 0.25) is 0 Å². The molecule has 0 bridgehead atoms. The van der Waals surface area contributed by atoms with Gasteiger partial charge in [-0.1, -0.05) is 30.3 Å². The van der Waals surface area contributed by atoms with Gasteiger partial charge in [0.15, 0.2) is 16.5 Å².